The standard InChI is InChI=1S/C16H20N2O3/c19-15(20)9-6-12-4-7-13(8-5-12)18-11-14-3-1-2-10-17(14)16(18)21/h4-5,7-8,14H,1-3,6,9-11H2,(H,19,20)/t14-/m0/s1. The van der Waals surface area contributed by atoms with Crippen LogP contribution in [0.15, 0.2) is 24.3 Å². The molecule has 2 aliphatic heterocycles. The maximum absolute atomic E-state index is 12.4. The second-order valence-corrected chi connectivity index (χ2v) is 5.80. The van der Waals surface area contributed by atoms with E-state index in [2.05, 4.69) is 0 Å². The molecule has 2 saturated heterocycles. The fraction of sp³-hybridized carbons (Fsp3) is 0.500. The highest BCUT2D eigenvalue weighted by atomic mass is 16.4. The summed E-state index contributed by atoms with van der Waals surface area (Å²) in [5, 5.41) is 8.70. The van der Waals surface area contributed by atoms with Crippen molar-refractivity contribution in [2.45, 2.75) is 38.1 Å². The number of urea groups is 1. The van der Waals surface area contributed by atoms with Crippen LogP contribution in [0.25, 0.3) is 0 Å². The van der Waals surface area contributed by atoms with Gasteiger partial charge in [0.05, 0.1) is 6.04 Å². The number of carbonyl (C=O) groups excluding carboxylic acids is 1. The average molecular weight is 288 g/mol. The summed E-state index contributed by atoms with van der Waals surface area (Å²) in [6.45, 7) is 1.64. The zero-order valence-electron chi connectivity index (χ0n) is 12.0. The largest absolute Gasteiger partial charge is 0.481 e. The highest BCUT2D eigenvalue weighted by Gasteiger charge is 2.38. The van der Waals surface area contributed by atoms with Gasteiger partial charge in [0.25, 0.3) is 0 Å². The van der Waals surface area contributed by atoms with Gasteiger partial charge >= 0.3 is 12.0 Å². The van der Waals surface area contributed by atoms with Crippen LogP contribution in [-0.2, 0) is 11.2 Å². The number of anilines is 1. The summed E-state index contributed by atoms with van der Waals surface area (Å²) < 4.78 is 0. The van der Waals surface area contributed by atoms with E-state index in [-0.39, 0.29) is 12.5 Å². The first-order valence-corrected chi connectivity index (χ1v) is 7.54. The first-order chi connectivity index (χ1) is 10.1. The minimum absolute atomic E-state index is 0.109. The molecule has 5 nitrogen and oxygen atoms in total. The molecule has 5 heteroatoms. The number of carboxylic acids is 1. The van der Waals surface area contributed by atoms with Crippen LogP contribution in [0.2, 0.25) is 0 Å². The molecule has 1 N–H and O–H groups in total. The van der Waals surface area contributed by atoms with E-state index in [1.165, 1.54) is 6.42 Å². The fourth-order valence-corrected chi connectivity index (χ4v) is 3.20. The van der Waals surface area contributed by atoms with Crippen molar-refractivity contribution in [1.29, 1.82) is 0 Å². The Labute approximate surface area is 124 Å². The van der Waals surface area contributed by atoms with Crippen LogP contribution in [-0.4, -0.2) is 41.1 Å². The van der Waals surface area contributed by atoms with Gasteiger partial charge in [-0.25, -0.2) is 4.79 Å². The molecule has 0 radical (unpaired) electrons. The van der Waals surface area contributed by atoms with Gasteiger partial charge < -0.3 is 10.0 Å². The third-order valence-electron chi connectivity index (χ3n) is 4.37. The van der Waals surface area contributed by atoms with Crippen LogP contribution in [0.3, 0.4) is 0 Å². The van der Waals surface area contributed by atoms with Crippen molar-refractivity contribution >= 4 is 17.7 Å². The lowest BCUT2D eigenvalue weighted by molar-refractivity contribution is -0.136. The van der Waals surface area contributed by atoms with Gasteiger partial charge in [-0.1, -0.05) is 12.1 Å². The summed E-state index contributed by atoms with van der Waals surface area (Å²) >= 11 is 0. The van der Waals surface area contributed by atoms with Crippen molar-refractivity contribution < 1.29 is 14.7 Å². The van der Waals surface area contributed by atoms with E-state index in [1.807, 2.05) is 34.1 Å². The number of carboxylic acid groups (broad SMARTS) is 1. The van der Waals surface area contributed by atoms with E-state index in [0.29, 0.717) is 12.5 Å². The molecule has 112 valence electrons. The molecule has 1 aromatic carbocycles. The molecular weight excluding hydrogens is 268 g/mol. The van der Waals surface area contributed by atoms with E-state index in [4.69, 9.17) is 5.11 Å². The molecule has 0 saturated carbocycles. The van der Waals surface area contributed by atoms with Crippen LogP contribution in [0, 0.1) is 0 Å². The number of piperidine rings is 1. The second-order valence-electron chi connectivity index (χ2n) is 5.80. The number of aryl methyl sites for hydroxylation is 1. The fourth-order valence-electron chi connectivity index (χ4n) is 3.20. The number of benzene rings is 1. The number of aliphatic carboxylic acids is 1. The topological polar surface area (TPSA) is 60.9 Å². The first kappa shape index (κ1) is 13.9. The van der Waals surface area contributed by atoms with E-state index in [9.17, 15) is 9.59 Å². The smallest absolute Gasteiger partial charge is 0.324 e. The Morgan fingerprint density at radius 3 is 2.67 bits per heavy atom. The number of amides is 2. The molecule has 1 atom stereocenters. The molecule has 0 aromatic heterocycles. The average Bonchev–Trinajstić information content (AvgIpc) is 2.83. The van der Waals surface area contributed by atoms with E-state index in [0.717, 1.165) is 37.2 Å². The normalized spacial score (nSPS) is 21.5. The summed E-state index contributed by atoms with van der Waals surface area (Å²) in [5.74, 6) is -0.786. The Morgan fingerprint density at radius 1 is 1.24 bits per heavy atom. The van der Waals surface area contributed by atoms with Gasteiger partial charge in [-0.05, 0) is 43.4 Å². The number of hydrogen-bond acceptors (Lipinski definition) is 2. The minimum atomic E-state index is -0.786. The molecule has 2 aliphatic rings. The quantitative estimate of drug-likeness (QED) is 0.926. The van der Waals surface area contributed by atoms with Crippen molar-refractivity contribution in [2.75, 3.05) is 18.0 Å². The van der Waals surface area contributed by atoms with Crippen LogP contribution in [0.5, 0.6) is 0 Å². The first-order valence-electron chi connectivity index (χ1n) is 7.54. The number of carbonyl (C=O) groups is 2. The Hall–Kier alpha value is -2.04. The van der Waals surface area contributed by atoms with Gasteiger partial charge in [-0.2, -0.15) is 0 Å². The zero-order valence-corrected chi connectivity index (χ0v) is 12.0. The Morgan fingerprint density at radius 2 is 2.00 bits per heavy atom. The van der Waals surface area contributed by atoms with Crippen molar-refractivity contribution in [3.05, 3.63) is 29.8 Å². The summed E-state index contributed by atoms with van der Waals surface area (Å²) in [6.07, 6.45) is 4.07. The monoisotopic (exact) mass is 288 g/mol. The summed E-state index contributed by atoms with van der Waals surface area (Å²) in [4.78, 5) is 26.8. The molecule has 2 fully saturated rings. The van der Waals surface area contributed by atoms with E-state index >= 15 is 0 Å². The van der Waals surface area contributed by atoms with Crippen molar-refractivity contribution in [1.82, 2.24) is 4.90 Å². The molecule has 2 amide bonds. The zero-order chi connectivity index (χ0) is 14.8. The molecule has 21 heavy (non-hydrogen) atoms. The molecule has 3 rings (SSSR count). The number of fused-ring (bicyclic) bond motifs is 1. The summed E-state index contributed by atoms with van der Waals surface area (Å²) in [5.41, 5.74) is 1.90. The lowest BCUT2D eigenvalue weighted by Gasteiger charge is -2.27. The van der Waals surface area contributed by atoms with Crippen LogP contribution >= 0.6 is 0 Å². The van der Waals surface area contributed by atoms with E-state index < -0.39 is 5.97 Å². The maximum Gasteiger partial charge on any atom is 0.324 e. The van der Waals surface area contributed by atoms with Gasteiger partial charge in [0.2, 0.25) is 0 Å². The van der Waals surface area contributed by atoms with Crippen LogP contribution in [0.4, 0.5) is 10.5 Å². The van der Waals surface area contributed by atoms with Gasteiger partial charge in [0, 0.05) is 25.2 Å². The molecule has 1 aromatic rings. The van der Waals surface area contributed by atoms with E-state index in [1.54, 1.807) is 0 Å². The SMILES string of the molecule is O=C(O)CCc1ccc(N2C[C@@H]3CCCCN3C2=O)cc1. The van der Waals surface area contributed by atoms with Gasteiger partial charge in [0.1, 0.15) is 0 Å². The lowest BCUT2D eigenvalue weighted by Crippen LogP contribution is -2.38. The van der Waals surface area contributed by atoms with Crippen LogP contribution in [0.1, 0.15) is 31.2 Å². The molecule has 0 aliphatic carbocycles. The van der Waals surface area contributed by atoms with Gasteiger partial charge in [-0.3, -0.25) is 9.69 Å². The summed E-state index contributed by atoms with van der Waals surface area (Å²) in [6, 6.07) is 8.16. The summed E-state index contributed by atoms with van der Waals surface area (Å²) in [7, 11) is 0. The molecule has 0 spiro atoms. The lowest BCUT2D eigenvalue weighted by atomic mass is 10.0. The Kier molecular flexibility index (Phi) is 3.82. The predicted molar refractivity (Wildman–Crippen MR) is 79.5 cm³/mol. The number of hydrogen-bond donors (Lipinski definition) is 1. The molecular formula is C16H20N2O3. The Bertz CT molecular complexity index is 541. The number of rotatable bonds is 4. The van der Waals surface area contributed by atoms with Gasteiger partial charge in [0.15, 0.2) is 0 Å². The highest BCUT2D eigenvalue weighted by Crippen LogP contribution is 2.29. The maximum atomic E-state index is 12.4. The molecule has 2 heterocycles. The molecule has 0 bridgehead atoms. The van der Waals surface area contributed by atoms with Crippen molar-refractivity contribution in [2.24, 2.45) is 0 Å². The highest BCUT2D eigenvalue weighted by molar-refractivity contribution is 5.94. The number of nitrogens with zero attached hydrogens (tertiary/aromatic N) is 2. The van der Waals surface area contributed by atoms with Crippen molar-refractivity contribution in [3.63, 3.8) is 0 Å². The minimum Gasteiger partial charge on any atom is -0.481 e. The van der Waals surface area contributed by atoms with Crippen molar-refractivity contribution in [3.8, 4) is 0 Å². The predicted octanol–water partition coefficient (Wildman–Crippen LogP) is 2.50. The Balaban J connectivity index is 1.69. The second kappa shape index (κ2) is 5.76. The van der Waals surface area contributed by atoms with Gasteiger partial charge in [-0.15, -0.1) is 0 Å². The third-order valence-corrected chi connectivity index (χ3v) is 4.37. The van der Waals surface area contributed by atoms with Crippen LogP contribution < -0.4 is 4.90 Å². The third kappa shape index (κ3) is 2.86. The molecule has 0 unspecified atom stereocenters.